The zero-order valence-electron chi connectivity index (χ0n) is 5.39. The molecule has 0 aromatic heterocycles. The quantitative estimate of drug-likeness (QED) is 0.461. The maximum Gasteiger partial charge on any atom is 0.0639 e. The van der Waals surface area contributed by atoms with Crippen LogP contribution in [0.25, 0.3) is 0 Å². The maximum absolute atomic E-state index is 4.47. The number of nitrogens with zero attached hydrogens (tertiary/aromatic N) is 1. The summed E-state index contributed by atoms with van der Waals surface area (Å²) in [5.74, 6) is 0. The molecule has 0 spiro atoms. The molecule has 0 radical (unpaired) electrons. The largest absolute Gasteiger partial charge is 0.231 e. The Morgan fingerprint density at radius 2 is 2.44 bits per heavy atom. The van der Waals surface area contributed by atoms with E-state index in [0.29, 0.717) is 4.75 Å². The first-order chi connectivity index (χ1) is 4.33. The van der Waals surface area contributed by atoms with Gasteiger partial charge in [0.15, 0.2) is 0 Å². The van der Waals surface area contributed by atoms with E-state index in [2.05, 4.69) is 28.6 Å². The van der Waals surface area contributed by atoms with E-state index in [4.69, 9.17) is 0 Å². The third-order valence-corrected chi connectivity index (χ3v) is 3.20. The molecule has 0 unspecified atom stereocenters. The second-order valence-electron chi connectivity index (χ2n) is 2.29. The molecule has 1 aliphatic carbocycles. The fourth-order valence-electron chi connectivity index (χ4n) is 0.743. The molecular formula is C6H9NS2. The summed E-state index contributed by atoms with van der Waals surface area (Å²) in [5, 5.41) is 2.39. The van der Waals surface area contributed by atoms with Gasteiger partial charge in [0.2, 0.25) is 0 Å². The van der Waals surface area contributed by atoms with Gasteiger partial charge >= 0.3 is 0 Å². The summed E-state index contributed by atoms with van der Waals surface area (Å²) in [4.78, 5) is 3.92. The third-order valence-electron chi connectivity index (χ3n) is 1.67. The van der Waals surface area contributed by atoms with Crippen LogP contribution >= 0.6 is 24.0 Å². The number of hydrogen-bond donors (Lipinski definition) is 0. The van der Waals surface area contributed by atoms with Gasteiger partial charge in [-0.25, -0.2) is 4.99 Å². The molecule has 0 atom stereocenters. The Labute approximate surface area is 64.9 Å². The molecule has 0 aliphatic heterocycles. The third kappa shape index (κ3) is 1.78. The molecule has 3 heteroatoms. The molecule has 0 aromatic carbocycles. The van der Waals surface area contributed by atoms with Crippen LogP contribution in [0.1, 0.15) is 12.8 Å². The molecule has 1 rings (SSSR count). The van der Waals surface area contributed by atoms with E-state index < -0.39 is 0 Å². The predicted molar refractivity (Wildman–Crippen MR) is 45.4 cm³/mol. The number of rotatable bonds is 3. The van der Waals surface area contributed by atoms with E-state index in [1.165, 1.54) is 12.8 Å². The van der Waals surface area contributed by atoms with E-state index in [0.717, 1.165) is 6.54 Å². The fourth-order valence-corrected chi connectivity index (χ4v) is 1.51. The van der Waals surface area contributed by atoms with Crippen LogP contribution in [0.5, 0.6) is 0 Å². The van der Waals surface area contributed by atoms with Crippen molar-refractivity contribution in [3.63, 3.8) is 0 Å². The molecule has 1 saturated carbocycles. The highest BCUT2D eigenvalue weighted by molar-refractivity contribution is 8.00. The second-order valence-corrected chi connectivity index (χ2v) is 3.75. The Balaban J connectivity index is 2.33. The van der Waals surface area contributed by atoms with Crippen LogP contribution in [-0.4, -0.2) is 22.7 Å². The number of hydrogen-bond acceptors (Lipinski definition) is 3. The lowest BCUT2D eigenvalue weighted by atomic mass is 10.4. The lowest BCUT2D eigenvalue weighted by Crippen LogP contribution is -2.05. The summed E-state index contributed by atoms with van der Waals surface area (Å²) < 4.78 is 0.464. The second kappa shape index (κ2) is 2.82. The lowest BCUT2D eigenvalue weighted by Gasteiger charge is -2.04. The van der Waals surface area contributed by atoms with E-state index in [1.54, 1.807) is 0 Å². The van der Waals surface area contributed by atoms with E-state index in [-0.39, 0.29) is 0 Å². The monoisotopic (exact) mass is 159 g/mol. The topological polar surface area (TPSA) is 12.4 Å². The minimum Gasteiger partial charge on any atom is -0.231 e. The fraction of sp³-hybridized carbons (Fsp3) is 0.833. The summed E-state index contributed by atoms with van der Waals surface area (Å²) in [6, 6.07) is 0. The molecule has 9 heavy (non-hydrogen) atoms. The summed E-state index contributed by atoms with van der Waals surface area (Å²) in [5.41, 5.74) is 0. The van der Waals surface area contributed by atoms with Crippen LogP contribution in [-0.2, 0) is 0 Å². The maximum atomic E-state index is 4.47. The molecule has 0 N–H and O–H groups in total. The minimum atomic E-state index is 0.464. The highest BCUT2D eigenvalue weighted by atomic mass is 32.2. The average Bonchev–Trinajstić information content (AvgIpc) is 2.65. The Morgan fingerprint density at radius 1 is 1.78 bits per heavy atom. The van der Waals surface area contributed by atoms with Crippen LogP contribution in [0, 0.1) is 0 Å². The SMILES string of the molecule is CSC1(CN=C=S)CC1. The summed E-state index contributed by atoms with van der Waals surface area (Å²) >= 11 is 6.37. The van der Waals surface area contributed by atoms with Crippen LogP contribution in [0.3, 0.4) is 0 Å². The molecule has 0 bridgehead atoms. The van der Waals surface area contributed by atoms with E-state index in [1.807, 2.05) is 11.8 Å². The molecule has 50 valence electrons. The highest BCUT2D eigenvalue weighted by Gasteiger charge is 2.41. The molecule has 1 aliphatic rings. The van der Waals surface area contributed by atoms with Gasteiger partial charge in [-0.3, -0.25) is 0 Å². The van der Waals surface area contributed by atoms with Crippen molar-refractivity contribution >= 4 is 29.1 Å². The van der Waals surface area contributed by atoms with Gasteiger partial charge in [-0.1, -0.05) is 0 Å². The van der Waals surface area contributed by atoms with Gasteiger partial charge in [-0.2, -0.15) is 11.8 Å². The standard InChI is InChI=1S/C6H9NS2/c1-9-6(2-3-6)4-7-5-8/h2-4H2,1H3. The van der Waals surface area contributed by atoms with Gasteiger partial charge in [0, 0.05) is 4.75 Å². The van der Waals surface area contributed by atoms with Crippen LogP contribution in [0.2, 0.25) is 0 Å². The first kappa shape index (κ1) is 7.26. The van der Waals surface area contributed by atoms with Crippen molar-refractivity contribution in [3.05, 3.63) is 0 Å². The van der Waals surface area contributed by atoms with Gasteiger partial charge in [-0.05, 0) is 31.3 Å². The van der Waals surface area contributed by atoms with Crippen molar-refractivity contribution in [3.8, 4) is 0 Å². The Kier molecular flexibility index (Phi) is 2.28. The van der Waals surface area contributed by atoms with Gasteiger partial charge < -0.3 is 0 Å². The molecule has 1 nitrogen and oxygen atoms in total. The van der Waals surface area contributed by atoms with Gasteiger partial charge in [0.25, 0.3) is 0 Å². The summed E-state index contributed by atoms with van der Waals surface area (Å²) in [6.45, 7) is 0.873. The molecule has 0 amide bonds. The van der Waals surface area contributed by atoms with E-state index >= 15 is 0 Å². The minimum absolute atomic E-state index is 0.464. The Bertz CT molecular complexity index is 145. The van der Waals surface area contributed by atoms with Crippen molar-refractivity contribution in [2.75, 3.05) is 12.8 Å². The number of thioether (sulfide) groups is 1. The van der Waals surface area contributed by atoms with Crippen molar-refractivity contribution < 1.29 is 0 Å². The van der Waals surface area contributed by atoms with Gasteiger partial charge in [0.05, 0.1) is 11.7 Å². The van der Waals surface area contributed by atoms with Gasteiger partial charge in [0.1, 0.15) is 0 Å². The zero-order valence-corrected chi connectivity index (χ0v) is 7.02. The lowest BCUT2D eigenvalue weighted by molar-refractivity contribution is 0.910. The Morgan fingerprint density at radius 3 is 2.78 bits per heavy atom. The Hall–Kier alpha value is 0.150. The summed E-state index contributed by atoms with van der Waals surface area (Å²) in [7, 11) is 0. The van der Waals surface area contributed by atoms with Crippen molar-refractivity contribution in [2.24, 2.45) is 4.99 Å². The van der Waals surface area contributed by atoms with Crippen molar-refractivity contribution in [1.29, 1.82) is 0 Å². The molecule has 0 aromatic rings. The number of thiocarbonyl (C=S) groups is 1. The molecule has 0 saturated heterocycles. The van der Waals surface area contributed by atoms with Crippen molar-refractivity contribution in [2.45, 2.75) is 17.6 Å². The van der Waals surface area contributed by atoms with Crippen LogP contribution < -0.4 is 0 Å². The predicted octanol–water partition coefficient (Wildman–Crippen LogP) is 1.98. The normalized spacial score (nSPS) is 20.6. The number of aliphatic imine (C=N–C) groups is 1. The highest BCUT2D eigenvalue weighted by Crippen LogP contribution is 2.47. The molecule has 0 heterocycles. The number of isothiocyanates is 1. The van der Waals surface area contributed by atoms with Gasteiger partial charge in [-0.15, -0.1) is 0 Å². The zero-order chi connectivity index (χ0) is 6.74. The summed E-state index contributed by atoms with van der Waals surface area (Å²) in [6.07, 6.45) is 4.73. The van der Waals surface area contributed by atoms with E-state index in [9.17, 15) is 0 Å². The average molecular weight is 159 g/mol. The van der Waals surface area contributed by atoms with Crippen LogP contribution in [0.15, 0.2) is 4.99 Å². The smallest absolute Gasteiger partial charge is 0.0639 e. The molecule has 1 fully saturated rings. The first-order valence-electron chi connectivity index (χ1n) is 2.92. The first-order valence-corrected chi connectivity index (χ1v) is 4.55. The van der Waals surface area contributed by atoms with Crippen LogP contribution in [0.4, 0.5) is 0 Å². The van der Waals surface area contributed by atoms with Crippen molar-refractivity contribution in [1.82, 2.24) is 0 Å². The molecular weight excluding hydrogens is 150 g/mol.